The number of nitrogens with zero attached hydrogens (tertiary/aromatic N) is 2. The van der Waals surface area contributed by atoms with E-state index < -0.39 is 0 Å². The molecule has 1 aromatic heterocycles. The molecule has 4 nitrogen and oxygen atoms in total. The summed E-state index contributed by atoms with van der Waals surface area (Å²) in [4.78, 5) is 18.5. The minimum absolute atomic E-state index is 0.0133. The van der Waals surface area contributed by atoms with Gasteiger partial charge in [-0.1, -0.05) is 24.3 Å². The molecule has 1 aliphatic rings. The molecule has 1 fully saturated rings. The summed E-state index contributed by atoms with van der Waals surface area (Å²) in [5, 5.41) is 0. The van der Waals surface area contributed by atoms with Crippen molar-refractivity contribution in [3.05, 3.63) is 76.9 Å². The average molecular weight is 411 g/mol. The Morgan fingerprint density at radius 1 is 1.03 bits per heavy atom. The number of amides is 1. The third-order valence-corrected chi connectivity index (χ3v) is 6.15. The molecule has 1 saturated heterocycles. The number of halogens is 1. The van der Waals surface area contributed by atoms with Gasteiger partial charge in [0.2, 0.25) is 0 Å². The topological polar surface area (TPSA) is 32.8 Å². The Balaban J connectivity index is 1.40. The van der Waals surface area contributed by atoms with Crippen molar-refractivity contribution in [1.29, 1.82) is 0 Å². The molecule has 0 atom stereocenters. The molecule has 4 rings (SSSR count). The van der Waals surface area contributed by atoms with Crippen LogP contribution in [-0.4, -0.2) is 44.2 Å². The van der Waals surface area contributed by atoms with Crippen LogP contribution in [0.2, 0.25) is 0 Å². The van der Waals surface area contributed by atoms with Gasteiger partial charge in [0.1, 0.15) is 5.82 Å². The minimum Gasteiger partial charge on any atom is -0.378 e. The molecule has 1 aliphatic heterocycles. The molecule has 6 heteroatoms. The first-order valence-corrected chi connectivity index (χ1v) is 10.4. The monoisotopic (exact) mass is 410 g/mol. The summed E-state index contributed by atoms with van der Waals surface area (Å²) in [5.41, 5.74) is 3.19. The van der Waals surface area contributed by atoms with Gasteiger partial charge in [-0.25, -0.2) is 4.39 Å². The molecule has 3 aromatic rings. The van der Waals surface area contributed by atoms with Crippen molar-refractivity contribution >= 4 is 22.9 Å². The highest BCUT2D eigenvalue weighted by molar-refractivity contribution is 7.17. The third kappa shape index (κ3) is 4.66. The van der Waals surface area contributed by atoms with Gasteiger partial charge in [-0.2, -0.15) is 0 Å². The molecule has 1 amide bonds. The van der Waals surface area contributed by atoms with Crippen molar-refractivity contribution in [3.63, 3.8) is 0 Å². The highest BCUT2D eigenvalue weighted by atomic mass is 32.1. The lowest BCUT2D eigenvalue weighted by Crippen LogP contribution is -2.36. The molecule has 0 unspecified atom stereocenters. The zero-order valence-corrected chi connectivity index (χ0v) is 17.1. The molecular formula is C23H23FN2O2S. The molecule has 0 aliphatic carbocycles. The van der Waals surface area contributed by atoms with E-state index in [1.807, 2.05) is 19.2 Å². The van der Waals surface area contributed by atoms with E-state index in [-0.39, 0.29) is 11.7 Å². The summed E-state index contributed by atoms with van der Waals surface area (Å²) >= 11 is 1.43. The van der Waals surface area contributed by atoms with Gasteiger partial charge in [0.05, 0.1) is 18.1 Å². The van der Waals surface area contributed by atoms with E-state index in [9.17, 15) is 9.18 Å². The van der Waals surface area contributed by atoms with Crippen molar-refractivity contribution < 1.29 is 13.9 Å². The SMILES string of the molecule is CN(Cc1ccc(N2CCOCC2)cc1)C(=O)c1ccc(-c2ccc(F)cc2)s1. The van der Waals surface area contributed by atoms with Crippen LogP contribution >= 0.6 is 11.3 Å². The van der Waals surface area contributed by atoms with Crippen LogP contribution < -0.4 is 4.90 Å². The van der Waals surface area contributed by atoms with Crippen LogP contribution in [0.15, 0.2) is 60.7 Å². The van der Waals surface area contributed by atoms with Gasteiger partial charge in [0, 0.05) is 37.2 Å². The predicted octanol–water partition coefficient (Wildman–Crippen LogP) is 4.66. The first kappa shape index (κ1) is 19.6. The second-order valence-corrected chi connectivity index (χ2v) is 8.18. The van der Waals surface area contributed by atoms with Gasteiger partial charge < -0.3 is 14.5 Å². The van der Waals surface area contributed by atoms with Crippen molar-refractivity contribution in [2.75, 3.05) is 38.3 Å². The van der Waals surface area contributed by atoms with Crippen LogP contribution in [0.4, 0.5) is 10.1 Å². The molecule has 0 N–H and O–H groups in total. The van der Waals surface area contributed by atoms with E-state index in [0.717, 1.165) is 42.3 Å². The second kappa shape index (κ2) is 8.76. The number of hydrogen-bond donors (Lipinski definition) is 0. The predicted molar refractivity (Wildman–Crippen MR) is 115 cm³/mol. The van der Waals surface area contributed by atoms with E-state index >= 15 is 0 Å². The Kier molecular flexibility index (Phi) is 5.92. The number of rotatable bonds is 5. The Morgan fingerprint density at radius 2 is 1.72 bits per heavy atom. The molecule has 2 heterocycles. The first-order valence-electron chi connectivity index (χ1n) is 9.63. The standard InChI is InChI=1S/C23H23FN2O2S/c1-25(16-17-2-8-20(9-3-17)26-12-14-28-15-13-26)23(27)22-11-10-21(29-22)18-4-6-19(24)7-5-18/h2-11H,12-16H2,1H3. The molecule has 0 radical (unpaired) electrons. The van der Waals surface area contributed by atoms with E-state index in [4.69, 9.17) is 4.74 Å². The van der Waals surface area contributed by atoms with Crippen molar-refractivity contribution in [3.8, 4) is 10.4 Å². The number of morpholine rings is 1. The molecule has 0 spiro atoms. The molecule has 29 heavy (non-hydrogen) atoms. The summed E-state index contributed by atoms with van der Waals surface area (Å²) in [6, 6.07) is 18.4. The van der Waals surface area contributed by atoms with Gasteiger partial charge in [-0.05, 0) is 47.5 Å². The Morgan fingerprint density at radius 3 is 2.41 bits per heavy atom. The Bertz CT molecular complexity index is 963. The number of thiophene rings is 1. The van der Waals surface area contributed by atoms with Gasteiger partial charge in [-0.15, -0.1) is 11.3 Å². The second-order valence-electron chi connectivity index (χ2n) is 7.10. The number of hydrogen-bond acceptors (Lipinski definition) is 4. The summed E-state index contributed by atoms with van der Waals surface area (Å²) in [6.07, 6.45) is 0. The van der Waals surface area contributed by atoms with Crippen molar-refractivity contribution in [2.24, 2.45) is 0 Å². The average Bonchev–Trinajstić information content (AvgIpc) is 3.25. The number of benzene rings is 2. The van der Waals surface area contributed by atoms with Gasteiger partial charge in [0.15, 0.2) is 0 Å². The fourth-order valence-electron chi connectivity index (χ4n) is 3.39. The summed E-state index contributed by atoms with van der Waals surface area (Å²) in [6.45, 7) is 3.89. The highest BCUT2D eigenvalue weighted by Gasteiger charge is 2.16. The maximum Gasteiger partial charge on any atom is 0.263 e. The smallest absolute Gasteiger partial charge is 0.263 e. The third-order valence-electron chi connectivity index (χ3n) is 5.02. The fraction of sp³-hybridized carbons (Fsp3) is 0.261. The molecule has 0 saturated carbocycles. The Labute approximate surface area is 174 Å². The van der Waals surface area contributed by atoms with E-state index in [1.165, 1.54) is 29.2 Å². The van der Waals surface area contributed by atoms with Crippen LogP contribution in [0.3, 0.4) is 0 Å². The summed E-state index contributed by atoms with van der Waals surface area (Å²) in [7, 11) is 1.81. The minimum atomic E-state index is -0.263. The molecular weight excluding hydrogens is 387 g/mol. The molecule has 2 aromatic carbocycles. The van der Waals surface area contributed by atoms with Gasteiger partial charge >= 0.3 is 0 Å². The van der Waals surface area contributed by atoms with Crippen LogP contribution in [-0.2, 0) is 11.3 Å². The Hall–Kier alpha value is -2.70. The lowest BCUT2D eigenvalue weighted by molar-refractivity contribution is 0.0790. The maximum atomic E-state index is 13.1. The van der Waals surface area contributed by atoms with Crippen LogP contribution in [0.25, 0.3) is 10.4 Å². The van der Waals surface area contributed by atoms with E-state index in [2.05, 4.69) is 29.2 Å². The lowest BCUT2D eigenvalue weighted by Gasteiger charge is -2.29. The zero-order valence-electron chi connectivity index (χ0n) is 16.3. The summed E-state index contributed by atoms with van der Waals surface area (Å²) in [5.74, 6) is -0.276. The van der Waals surface area contributed by atoms with Crippen molar-refractivity contribution in [2.45, 2.75) is 6.54 Å². The normalized spacial score (nSPS) is 14.1. The maximum absolute atomic E-state index is 13.1. The molecule has 0 bridgehead atoms. The van der Waals surface area contributed by atoms with Crippen LogP contribution in [0.5, 0.6) is 0 Å². The number of carbonyl (C=O) groups excluding carboxylic acids is 1. The van der Waals surface area contributed by atoms with Crippen LogP contribution in [0.1, 0.15) is 15.2 Å². The summed E-state index contributed by atoms with van der Waals surface area (Å²) < 4.78 is 18.5. The number of ether oxygens (including phenoxy) is 1. The van der Waals surface area contributed by atoms with Crippen molar-refractivity contribution in [1.82, 2.24) is 4.90 Å². The quantitative estimate of drug-likeness (QED) is 0.613. The number of anilines is 1. The zero-order chi connectivity index (χ0) is 20.2. The fourth-order valence-corrected chi connectivity index (χ4v) is 4.40. The number of carbonyl (C=O) groups is 1. The molecule has 150 valence electrons. The van der Waals surface area contributed by atoms with Gasteiger partial charge in [0.25, 0.3) is 5.91 Å². The largest absolute Gasteiger partial charge is 0.378 e. The van der Waals surface area contributed by atoms with Gasteiger partial charge in [-0.3, -0.25) is 4.79 Å². The van der Waals surface area contributed by atoms with E-state index in [1.54, 1.807) is 17.0 Å². The lowest BCUT2D eigenvalue weighted by atomic mass is 10.1. The highest BCUT2D eigenvalue weighted by Crippen LogP contribution is 2.29. The van der Waals surface area contributed by atoms with Crippen LogP contribution in [0, 0.1) is 5.82 Å². The van der Waals surface area contributed by atoms with E-state index in [0.29, 0.717) is 11.4 Å². The first-order chi connectivity index (χ1) is 14.1.